The highest BCUT2D eigenvalue weighted by molar-refractivity contribution is 5.85. The fraction of sp³-hybridized carbons (Fsp3) is 0.400. The van der Waals surface area contributed by atoms with E-state index >= 15 is 0 Å². The lowest BCUT2D eigenvalue weighted by Crippen LogP contribution is -2.22. The molecular weight excluding hydrogens is 208 g/mol. The van der Waals surface area contributed by atoms with E-state index in [1.165, 1.54) is 16.3 Å². The third-order valence-corrected chi connectivity index (χ3v) is 3.45. The van der Waals surface area contributed by atoms with E-state index in [-0.39, 0.29) is 0 Å². The van der Waals surface area contributed by atoms with Crippen molar-refractivity contribution in [3.63, 3.8) is 0 Å². The topological polar surface area (TPSA) is 24.9 Å². The standard InChI is InChI=1S/C15H20N2/c1-11(9-12(2)16-3)14-6-4-5-13-10-17-8-7-15(13)14/h4-8,10-12,16H,9H2,1-3H3. The van der Waals surface area contributed by atoms with Gasteiger partial charge >= 0.3 is 0 Å². The Balaban J connectivity index is 2.34. The van der Waals surface area contributed by atoms with Crippen molar-refractivity contribution < 1.29 is 0 Å². The average molecular weight is 228 g/mol. The Labute approximate surface area is 103 Å². The van der Waals surface area contributed by atoms with Gasteiger partial charge in [-0.2, -0.15) is 0 Å². The van der Waals surface area contributed by atoms with Crippen molar-refractivity contribution in [2.45, 2.75) is 32.2 Å². The first-order valence-electron chi connectivity index (χ1n) is 6.22. The van der Waals surface area contributed by atoms with E-state index in [0.717, 1.165) is 6.42 Å². The van der Waals surface area contributed by atoms with Crippen LogP contribution in [0, 0.1) is 0 Å². The molecule has 2 rings (SSSR count). The van der Waals surface area contributed by atoms with Gasteiger partial charge in [-0.15, -0.1) is 0 Å². The molecule has 1 aromatic carbocycles. The zero-order chi connectivity index (χ0) is 12.3. The minimum Gasteiger partial charge on any atom is -0.317 e. The lowest BCUT2D eigenvalue weighted by Gasteiger charge is -2.18. The second kappa shape index (κ2) is 5.28. The molecule has 1 N–H and O–H groups in total. The predicted octanol–water partition coefficient (Wildman–Crippen LogP) is 3.34. The van der Waals surface area contributed by atoms with E-state index in [2.05, 4.69) is 48.4 Å². The highest BCUT2D eigenvalue weighted by Gasteiger charge is 2.11. The molecule has 0 amide bonds. The zero-order valence-electron chi connectivity index (χ0n) is 10.8. The Morgan fingerprint density at radius 2 is 2.06 bits per heavy atom. The molecule has 17 heavy (non-hydrogen) atoms. The fourth-order valence-electron chi connectivity index (χ4n) is 2.35. The monoisotopic (exact) mass is 228 g/mol. The first-order chi connectivity index (χ1) is 8.22. The molecule has 0 aliphatic carbocycles. The van der Waals surface area contributed by atoms with Crippen molar-refractivity contribution in [2.24, 2.45) is 0 Å². The highest BCUT2D eigenvalue weighted by atomic mass is 14.8. The van der Waals surface area contributed by atoms with Crippen LogP contribution in [0.1, 0.15) is 31.7 Å². The number of nitrogens with one attached hydrogen (secondary N) is 1. The summed E-state index contributed by atoms with van der Waals surface area (Å²) < 4.78 is 0. The van der Waals surface area contributed by atoms with E-state index in [1.54, 1.807) is 0 Å². The number of rotatable bonds is 4. The highest BCUT2D eigenvalue weighted by Crippen LogP contribution is 2.27. The first-order valence-corrected chi connectivity index (χ1v) is 6.22. The average Bonchev–Trinajstić information content (AvgIpc) is 2.37. The molecular formula is C15H20N2. The summed E-state index contributed by atoms with van der Waals surface area (Å²) in [6.45, 7) is 4.52. The van der Waals surface area contributed by atoms with Crippen LogP contribution in [0.4, 0.5) is 0 Å². The second-order valence-electron chi connectivity index (χ2n) is 4.77. The molecule has 0 aliphatic rings. The molecule has 0 saturated heterocycles. The molecule has 0 aliphatic heterocycles. The molecule has 0 spiro atoms. The Kier molecular flexibility index (Phi) is 3.75. The van der Waals surface area contributed by atoms with Crippen LogP contribution in [-0.2, 0) is 0 Å². The van der Waals surface area contributed by atoms with Gasteiger partial charge in [-0.25, -0.2) is 0 Å². The van der Waals surface area contributed by atoms with E-state index in [0.29, 0.717) is 12.0 Å². The number of pyridine rings is 1. The molecule has 0 bridgehead atoms. The van der Waals surface area contributed by atoms with Gasteiger partial charge in [0.15, 0.2) is 0 Å². The zero-order valence-corrected chi connectivity index (χ0v) is 10.8. The summed E-state index contributed by atoms with van der Waals surface area (Å²) >= 11 is 0. The van der Waals surface area contributed by atoms with Crippen LogP contribution in [0.5, 0.6) is 0 Å². The molecule has 2 nitrogen and oxygen atoms in total. The van der Waals surface area contributed by atoms with Crippen LogP contribution in [0.15, 0.2) is 36.7 Å². The van der Waals surface area contributed by atoms with Gasteiger partial charge in [-0.1, -0.05) is 25.1 Å². The van der Waals surface area contributed by atoms with Gasteiger partial charge in [0.1, 0.15) is 0 Å². The second-order valence-corrected chi connectivity index (χ2v) is 4.77. The SMILES string of the molecule is CNC(C)CC(C)c1cccc2cnccc12. The Morgan fingerprint density at radius 3 is 2.82 bits per heavy atom. The number of hydrogen-bond donors (Lipinski definition) is 1. The molecule has 90 valence electrons. The van der Waals surface area contributed by atoms with Crippen LogP contribution in [-0.4, -0.2) is 18.1 Å². The number of fused-ring (bicyclic) bond motifs is 1. The van der Waals surface area contributed by atoms with Crippen LogP contribution >= 0.6 is 0 Å². The van der Waals surface area contributed by atoms with Crippen molar-refractivity contribution in [1.82, 2.24) is 10.3 Å². The summed E-state index contributed by atoms with van der Waals surface area (Å²) in [4.78, 5) is 4.18. The molecule has 1 aromatic heterocycles. The Bertz CT molecular complexity index is 488. The summed E-state index contributed by atoms with van der Waals surface area (Å²) in [5.74, 6) is 0.559. The molecule has 2 unspecified atom stereocenters. The Hall–Kier alpha value is -1.41. The third-order valence-electron chi connectivity index (χ3n) is 3.45. The first kappa shape index (κ1) is 12.1. The summed E-state index contributed by atoms with van der Waals surface area (Å²) in [5, 5.41) is 5.86. The smallest absolute Gasteiger partial charge is 0.0346 e. The minimum absolute atomic E-state index is 0.544. The lowest BCUT2D eigenvalue weighted by molar-refractivity contribution is 0.517. The number of hydrogen-bond acceptors (Lipinski definition) is 2. The molecule has 0 fully saturated rings. The van der Waals surface area contributed by atoms with Gasteiger partial charge < -0.3 is 5.32 Å². The lowest BCUT2D eigenvalue weighted by atomic mass is 9.91. The van der Waals surface area contributed by atoms with E-state index < -0.39 is 0 Å². The van der Waals surface area contributed by atoms with Gasteiger partial charge in [-0.05, 0) is 43.3 Å². The van der Waals surface area contributed by atoms with Gasteiger partial charge in [0, 0.05) is 23.8 Å². The molecule has 1 heterocycles. The van der Waals surface area contributed by atoms with Crippen molar-refractivity contribution in [3.8, 4) is 0 Å². The quantitative estimate of drug-likeness (QED) is 0.868. The fourth-order valence-corrected chi connectivity index (χ4v) is 2.35. The number of benzene rings is 1. The molecule has 0 saturated carbocycles. The number of aromatic nitrogens is 1. The summed E-state index contributed by atoms with van der Waals surface area (Å²) in [5.41, 5.74) is 1.42. The molecule has 0 radical (unpaired) electrons. The molecule has 2 aromatic rings. The number of nitrogens with zero attached hydrogens (tertiary/aromatic N) is 1. The van der Waals surface area contributed by atoms with E-state index in [4.69, 9.17) is 0 Å². The van der Waals surface area contributed by atoms with E-state index in [1.807, 2.05) is 19.4 Å². The predicted molar refractivity (Wildman–Crippen MR) is 73.3 cm³/mol. The maximum atomic E-state index is 4.18. The van der Waals surface area contributed by atoms with E-state index in [9.17, 15) is 0 Å². The summed E-state index contributed by atoms with van der Waals surface area (Å²) in [7, 11) is 2.02. The largest absolute Gasteiger partial charge is 0.317 e. The van der Waals surface area contributed by atoms with Crippen molar-refractivity contribution in [1.29, 1.82) is 0 Å². The Morgan fingerprint density at radius 1 is 1.24 bits per heavy atom. The molecule has 2 atom stereocenters. The third kappa shape index (κ3) is 2.64. The maximum absolute atomic E-state index is 4.18. The van der Waals surface area contributed by atoms with Gasteiger partial charge in [-0.3, -0.25) is 4.98 Å². The maximum Gasteiger partial charge on any atom is 0.0346 e. The van der Waals surface area contributed by atoms with Crippen LogP contribution in [0.25, 0.3) is 10.8 Å². The van der Waals surface area contributed by atoms with Crippen LogP contribution in [0.3, 0.4) is 0 Å². The van der Waals surface area contributed by atoms with Crippen LogP contribution < -0.4 is 5.32 Å². The molecule has 2 heteroatoms. The minimum atomic E-state index is 0.544. The van der Waals surface area contributed by atoms with Crippen molar-refractivity contribution in [2.75, 3.05) is 7.05 Å². The normalized spacial score (nSPS) is 14.8. The van der Waals surface area contributed by atoms with Gasteiger partial charge in [0.05, 0.1) is 0 Å². The van der Waals surface area contributed by atoms with Crippen LogP contribution in [0.2, 0.25) is 0 Å². The summed E-state index contributed by atoms with van der Waals surface area (Å²) in [6, 6.07) is 9.14. The van der Waals surface area contributed by atoms with Gasteiger partial charge in [0.25, 0.3) is 0 Å². The van der Waals surface area contributed by atoms with Crippen molar-refractivity contribution >= 4 is 10.8 Å². The van der Waals surface area contributed by atoms with Crippen molar-refractivity contribution in [3.05, 3.63) is 42.2 Å². The summed E-state index contributed by atoms with van der Waals surface area (Å²) in [6.07, 6.45) is 4.96. The van der Waals surface area contributed by atoms with Gasteiger partial charge in [0.2, 0.25) is 0 Å².